The molecule has 1 unspecified atom stereocenters. The molecule has 0 aliphatic heterocycles. The van der Waals surface area contributed by atoms with Gasteiger partial charge in [-0.1, -0.05) is 42.7 Å². The van der Waals surface area contributed by atoms with Gasteiger partial charge >= 0.3 is 0 Å². The quantitative estimate of drug-likeness (QED) is 0.750. The summed E-state index contributed by atoms with van der Waals surface area (Å²) in [5.74, 6) is 1.05. The van der Waals surface area contributed by atoms with Crippen molar-refractivity contribution in [1.82, 2.24) is 0 Å². The predicted molar refractivity (Wildman–Crippen MR) is 66.6 cm³/mol. The summed E-state index contributed by atoms with van der Waals surface area (Å²) < 4.78 is 0. The second-order valence-electron chi connectivity index (χ2n) is 5.05. The molecule has 1 aliphatic carbocycles. The Balaban J connectivity index is 2.28. The molecule has 0 aromatic heterocycles. The van der Waals surface area contributed by atoms with Crippen molar-refractivity contribution in [1.29, 1.82) is 0 Å². The lowest BCUT2D eigenvalue weighted by Gasteiger charge is -2.21. The van der Waals surface area contributed by atoms with E-state index in [-0.39, 0.29) is 5.92 Å². The van der Waals surface area contributed by atoms with Gasteiger partial charge in [0, 0.05) is 5.92 Å². The van der Waals surface area contributed by atoms with Gasteiger partial charge in [0.2, 0.25) is 0 Å². The van der Waals surface area contributed by atoms with Gasteiger partial charge in [-0.2, -0.15) is 0 Å². The van der Waals surface area contributed by atoms with Crippen LogP contribution < -0.4 is 0 Å². The zero-order chi connectivity index (χ0) is 11.5. The highest BCUT2D eigenvalue weighted by molar-refractivity contribution is 5.83. The van der Waals surface area contributed by atoms with E-state index >= 15 is 0 Å². The van der Waals surface area contributed by atoms with Crippen LogP contribution in [-0.4, -0.2) is 5.78 Å². The predicted octanol–water partition coefficient (Wildman–Crippen LogP) is 3.86. The van der Waals surface area contributed by atoms with Crippen molar-refractivity contribution >= 4 is 5.78 Å². The summed E-state index contributed by atoms with van der Waals surface area (Å²) in [6.07, 6.45) is 5.02. The molecule has 1 aromatic rings. The van der Waals surface area contributed by atoms with E-state index in [9.17, 15) is 4.79 Å². The van der Waals surface area contributed by atoms with Crippen LogP contribution in [0.3, 0.4) is 0 Å². The number of ketones is 1. The summed E-state index contributed by atoms with van der Waals surface area (Å²) >= 11 is 0. The van der Waals surface area contributed by atoms with E-state index in [0.29, 0.717) is 11.7 Å². The van der Waals surface area contributed by atoms with Crippen LogP contribution in [0.25, 0.3) is 0 Å². The molecule has 2 rings (SSSR count). The third-order valence-corrected chi connectivity index (χ3v) is 3.71. The van der Waals surface area contributed by atoms with Gasteiger partial charge in [-0.3, -0.25) is 4.79 Å². The number of carbonyl (C=O) groups excluding carboxylic acids is 1. The van der Waals surface area contributed by atoms with Crippen molar-refractivity contribution in [2.45, 2.75) is 45.4 Å². The fourth-order valence-electron chi connectivity index (χ4n) is 2.99. The van der Waals surface area contributed by atoms with E-state index in [1.807, 2.05) is 0 Å². The van der Waals surface area contributed by atoms with E-state index in [2.05, 4.69) is 31.2 Å². The maximum Gasteiger partial charge on any atom is 0.137 e. The Kier molecular flexibility index (Phi) is 3.42. The van der Waals surface area contributed by atoms with Crippen LogP contribution in [0.15, 0.2) is 24.3 Å². The van der Waals surface area contributed by atoms with Crippen LogP contribution in [0.1, 0.15) is 49.7 Å². The second kappa shape index (κ2) is 4.82. The van der Waals surface area contributed by atoms with Crippen molar-refractivity contribution in [3.8, 4) is 0 Å². The van der Waals surface area contributed by atoms with Gasteiger partial charge in [0.1, 0.15) is 5.78 Å². The Morgan fingerprint density at radius 3 is 2.56 bits per heavy atom. The molecule has 0 amide bonds. The number of aryl methyl sites for hydroxylation is 1. The topological polar surface area (TPSA) is 17.1 Å². The van der Waals surface area contributed by atoms with Crippen molar-refractivity contribution in [3.05, 3.63) is 35.4 Å². The highest BCUT2D eigenvalue weighted by atomic mass is 16.1. The average Bonchev–Trinajstić information content (AvgIpc) is 2.71. The smallest absolute Gasteiger partial charge is 0.137 e. The first kappa shape index (κ1) is 11.4. The van der Waals surface area contributed by atoms with Gasteiger partial charge in [0.15, 0.2) is 0 Å². The van der Waals surface area contributed by atoms with E-state index in [1.165, 1.54) is 36.8 Å². The minimum atomic E-state index is 0.141. The molecule has 1 atom stereocenters. The Bertz CT molecular complexity index is 375. The third-order valence-electron chi connectivity index (χ3n) is 3.71. The fraction of sp³-hybridized carbons (Fsp3) is 0.533. The first-order valence-electron chi connectivity index (χ1n) is 6.25. The molecule has 0 bridgehead atoms. The summed E-state index contributed by atoms with van der Waals surface area (Å²) in [5, 5.41) is 0. The molecule has 1 heteroatoms. The summed E-state index contributed by atoms with van der Waals surface area (Å²) in [4.78, 5) is 11.8. The number of rotatable bonds is 3. The number of hydrogen-bond donors (Lipinski definition) is 0. The molecule has 0 spiro atoms. The Morgan fingerprint density at radius 1 is 1.31 bits per heavy atom. The molecule has 1 aliphatic rings. The van der Waals surface area contributed by atoms with Crippen LogP contribution in [0.2, 0.25) is 0 Å². The first-order chi connectivity index (χ1) is 7.68. The van der Waals surface area contributed by atoms with E-state index in [4.69, 9.17) is 0 Å². The van der Waals surface area contributed by atoms with Crippen LogP contribution >= 0.6 is 0 Å². The summed E-state index contributed by atoms with van der Waals surface area (Å²) in [7, 11) is 0. The summed E-state index contributed by atoms with van der Waals surface area (Å²) in [6, 6.07) is 8.44. The van der Waals surface area contributed by atoms with Crippen molar-refractivity contribution < 1.29 is 4.79 Å². The molecule has 0 N–H and O–H groups in total. The number of Topliss-reactive ketones (excluding diaryl/α,β-unsaturated/α-hetero) is 1. The van der Waals surface area contributed by atoms with Crippen LogP contribution in [-0.2, 0) is 4.79 Å². The summed E-state index contributed by atoms with van der Waals surface area (Å²) in [6.45, 7) is 3.83. The van der Waals surface area contributed by atoms with E-state index in [1.54, 1.807) is 6.92 Å². The molecule has 16 heavy (non-hydrogen) atoms. The lowest BCUT2D eigenvalue weighted by molar-refractivity contribution is -0.119. The number of carbonyl (C=O) groups is 1. The number of hydrogen-bond acceptors (Lipinski definition) is 1. The van der Waals surface area contributed by atoms with Gasteiger partial charge in [0.05, 0.1) is 0 Å². The molecule has 0 radical (unpaired) electrons. The minimum absolute atomic E-state index is 0.141. The van der Waals surface area contributed by atoms with E-state index in [0.717, 1.165) is 0 Å². The zero-order valence-electron chi connectivity index (χ0n) is 10.2. The van der Waals surface area contributed by atoms with Gasteiger partial charge < -0.3 is 0 Å². The van der Waals surface area contributed by atoms with Gasteiger partial charge in [-0.25, -0.2) is 0 Å². The molecule has 1 aromatic carbocycles. The highest BCUT2D eigenvalue weighted by Crippen LogP contribution is 2.37. The third kappa shape index (κ3) is 2.34. The van der Waals surface area contributed by atoms with Crippen LogP contribution in [0, 0.1) is 12.8 Å². The average molecular weight is 216 g/mol. The van der Waals surface area contributed by atoms with Gasteiger partial charge in [-0.05, 0) is 38.2 Å². The zero-order valence-corrected chi connectivity index (χ0v) is 10.2. The fourth-order valence-corrected chi connectivity index (χ4v) is 2.99. The Morgan fingerprint density at radius 2 is 2.00 bits per heavy atom. The molecule has 1 saturated carbocycles. The number of benzene rings is 1. The SMILES string of the molecule is CC(=O)C(c1cccc(C)c1)C1CCCC1. The molecule has 0 heterocycles. The van der Waals surface area contributed by atoms with Crippen molar-refractivity contribution in [3.63, 3.8) is 0 Å². The van der Waals surface area contributed by atoms with Crippen molar-refractivity contribution in [2.75, 3.05) is 0 Å². The first-order valence-corrected chi connectivity index (χ1v) is 6.25. The van der Waals surface area contributed by atoms with Crippen LogP contribution in [0.4, 0.5) is 0 Å². The minimum Gasteiger partial charge on any atom is -0.299 e. The van der Waals surface area contributed by atoms with Crippen LogP contribution in [0.5, 0.6) is 0 Å². The molecule has 86 valence electrons. The van der Waals surface area contributed by atoms with Crippen molar-refractivity contribution in [2.24, 2.45) is 5.92 Å². The summed E-state index contributed by atoms with van der Waals surface area (Å²) in [5.41, 5.74) is 2.47. The highest BCUT2D eigenvalue weighted by Gasteiger charge is 2.29. The Labute approximate surface area is 97.9 Å². The lowest BCUT2D eigenvalue weighted by Crippen LogP contribution is -2.17. The van der Waals surface area contributed by atoms with Gasteiger partial charge in [-0.15, -0.1) is 0 Å². The normalized spacial score (nSPS) is 18.6. The maximum atomic E-state index is 11.8. The monoisotopic (exact) mass is 216 g/mol. The molecule has 1 nitrogen and oxygen atoms in total. The lowest BCUT2D eigenvalue weighted by atomic mass is 9.82. The second-order valence-corrected chi connectivity index (χ2v) is 5.05. The molecule has 1 fully saturated rings. The standard InChI is InChI=1S/C15H20O/c1-11-6-5-9-14(10-11)15(12(2)16)13-7-3-4-8-13/h5-6,9-10,13,15H,3-4,7-8H2,1-2H3. The molecular weight excluding hydrogens is 196 g/mol. The molecule has 0 saturated heterocycles. The Hall–Kier alpha value is -1.11. The van der Waals surface area contributed by atoms with Gasteiger partial charge in [0.25, 0.3) is 0 Å². The largest absolute Gasteiger partial charge is 0.299 e. The molecular formula is C15H20O. The maximum absolute atomic E-state index is 11.8. The van der Waals surface area contributed by atoms with E-state index < -0.39 is 0 Å².